The number of halogens is 1. The summed E-state index contributed by atoms with van der Waals surface area (Å²) < 4.78 is 13.5. The van der Waals surface area contributed by atoms with E-state index in [1.165, 1.54) is 18.2 Å². The molecule has 0 saturated carbocycles. The Hall–Kier alpha value is -2.21. The van der Waals surface area contributed by atoms with E-state index < -0.39 is 5.82 Å². The Morgan fingerprint density at radius 1 is 1.23 bits per heavy atom. The molecule has 26 heavy (non-hydrogen) atoms. The lowest BCUT2D eigenvalue weighted by Gasteiger charge is -2.35. The van der Waals surface area contributed by atoms with Gasteiger partial charge in [0.05, 0.1) is 11.1 Å². The van der Waals surface area contributed by atoms with Crippen molar-refractivity contribution in [1.29, 1.82) is 0 Å². The number of nitrogens with one attached hydrogen (secondary N) is 1. The topological polar surface area (TPSA) is 56.4 Å². The second-order valence-electron chi connectivity index (χ2n) is 7.54. The van der Waals surface area contributed by atoms with Crippen LogP contribution in [0.15, 0.2) is 29.1 Å². The molecule has 2 aromatic rings. The zero-order valence-electron chi connectivity index (χ0n) is 15.0. The SMILES string of the molecule is CCCN1C[C@H]2CC[C@@H]1CN(C(=O)c1cc(=O)[nH]c3cc(F)ccc13)C2. The smallest absolute Gasteiger partial charge is 0.254 e. The number of H-pyrrole nitrogens is 1. The van der Waals surface area contributed by atoms with Gasteiger partial charge in [-0.1, -0.05) is 6.92 Å². The predicted octanol–water partition coefficient (Wildman–Crippen LogP) is 2.61. The fraction of sp³-hybridized carbons (Fsp3) is 0.500. The summed E-state index contributed by atoms with van der Waals surface area (Å²) in [5.41, 5.74) is 0.357. The Balaban J connectivity index is 1.68. The minimum atomic E-state index is -0.430. The van der Waals surface area contributed by atoms with Gasteiger partial charge in [0.25, 0.3) is 5.91 Å². The summed E-state index contributed by atoms with van der Waals surface area (Å²) in [6, 6.07) is 5.90. The highest BCUT2D eigenvalue weighted by Gasteiger charge is 2.36. The molecule has 3 aliphatic heterocycles. The van der Waals surface area contributed by atoms with E-state index in [0.29, 0.717) is 35.0 Å². The average Bonchev–Trinajstić information content (AvgIpc) is 2.92. The number of nitrogens with zero attached hydrogens (tertiary/aromatic N) is 2. The summed E-state index contributed by atoms with van der Waals surface area (Å²) in [5.74, 6) is -0.0707. The van der Waals surface area contributed by atoms with Crippen LogP contribution in [0.3, 0.4) is 0 Å². The Bertz CT molecular complexity index is 894. The molecule has 3 aliphatic rings. The van der Waals surface area contributed by atoms with E-state index in [2.05, 4.69) is 16.8 Å². The molecule has 5 rings (SSSR count). The molecule has 3 saturated heterocycles. The zero-order valence-corrected chi connectivity index (χ0v) is 15.0. The minimum Gasteiger partial charge on any atom is -0.337 e. The first-order chi connectivity index (χ1) is 12.5. The van der Waals surface area contributed by atoms with E-state index in [1.807, 2.05) is 4.90 Å². The number of carbonyl (C=O) groups is 1. The van der Waals surface area contributed by atoms with Crippen molar-refractivity contribution in [3.8, 4) is 0 Å². The lowest BCUT2D eigenvalue weighted by atomic mass is 9.95. The highest BCUT2D eigenvalue weighted by atomic mass is 19.1. The summed E-state index contributed by atoms with van der Waals surface area (Å²) in [7, 11) is 0. The normalized spacial score (nSPS) is 23.4. The van der Waals surface area contributed by atoms with Gasteiger partial charge in [-0.25, -0.2) is 4.39 Å². The Morgan fingerprint density at radius 3 is 2.88 bits per heavy atom. The fourth-order valence-corrected chi connectivity index (χ4v) is 4.49. The third-order valence-corrected chi connectivity index (χ3v) is 5.66. The molecule has 0 aliphatic carbocycles. The van der Waals surface area contributed by atoms with Crippen LogP contribution in [0.1, 0.15) is 36.5 Å². The number of pyridine rings is 1. The molecule has 1 amide bonds. The monoisotopic (exact) mass is 357 g/mol. The molecule has 0 spiro atoms. The average molecular weight is 357 g/mol. The van der Waals surface area contributed by atoms with Crippen molar-refractivity contribution < 1.29 is 9.18 Å². The van der Waals surface area contributed by atoms with Crippen LogP contribution in [0.2, 0.25) is 0 Å². The molecular formula is C20H24FN3O2. The minimum absolute atomic E-state index is 0.122. The maximum absolute atomic E-state index is 13.5. The van der Waals surface area contributed by atoms with Crippen LogP contribution >= 0.6 is 0 Å². The third-order valence-electron chi connectivity index (χ3n) is 5.66. The number of hydrogen-bond acceptors (Lipinski definition) is 3. The molecule has 3 fully saturated rings. The van der Waals surface area contributed by atoms with Gasteiger partial charge in [0.1, 0.15) is 5.82 Å². The standard InChI is InChI=1S/C20H24FN3O2/c1-2-7-23-10-13-3-5-15(23)12-24(11-13)20(26)17-9-19(25)22-18-8-14(21)4-6-16(17)18/h4,6,8-9,13,15H,2-3,5,7,10-12H2,1H3,(H,22,25)/t13-,15-/m1/s1. The number of rotatable bonds is 3. The first-order valence-electron chi connectivity index (χ1n) is 9.41. The number of hydrogen-bond donors (Lipinski definition) is 1. The molecule has 138 valence electrons. The largest absolute Gasteiger partial charge is 0.337 e. The second-order valence-corrected chi connectivity index (χ2v) is 7.54. The summed E-state index contributed by atoms with van der Waals surface area (Å²) in [6.07, 6.45) is 3.38. The lowest BCUT2D eigenvalue weighted by Crippen LogP contribution is -2.44. The van der Waals surface area contributed by atoms with Gasteiger partial charge in [-0.05, 0) is 49.9 Å². The van der Waals surface area contributed by atoms with Gasteiger partial charge in [0.2, 0.25) is 5.56 Å². The Labute approximate surface area is 151 Å². The van der Waals surface area contributed by atoms with Crippen molar-refractivity contribution in [1.82, 2.24) is 14.8 Å². The van der Waals surface area contributed by atoms with Gasteiger partial charge in [0.15, 0.2) is 0 Å². The predicted molar refractivity (Wildman–Crippen MR) is 98.8 cm³/mol. The number of carbonyl (C=O) groups excluding carboxylic acids is 1. The van der Waals surface area contributed by atoms with Gasteiger partial charge < -0.3 is 9.88 Å². The van der Waals surface area contributed by atoms with Gasteiger partial charge in [0, 0.05) is 37.1 Å². The number of amides is 1. The lowest BCUT2D eigenvalue weighted by molar-refractivity contribution is 0.0739. The summed E-state index contributed by atoms with van der Waals surface area (Å²) in [4.78, 5) is 32.3. The number of benzene rings is 1. The molecule has 5 nitrogen and oxygen atoms in total. The fourth-order valence-electron chi connectivity index (χ4n) is 4.49. The second kappa shape index (κ2) is 6.83. The number of piperidine rings is 1. The molecular weight excluding hydrogens is 333 g/mol. The Kier molecular flexibility index (Phi) is 4.53. The molecule has 0 unspecified atom stereocenters. The van der Waals surface area contributed by atoms with Gasteiger partial charge in [-0.3, -0.25) is 14.5 Å². The first kappa shape index (κ1) is 17.2. The van der Waals surface area contributed by atoms with Crippen LogP contribution in [0.5, 0.6) is 0 Å². The molecule has 6 heteroatoms. The van der Waals surface area contributed by atoms with Crippen molar-refractivity contribution in [3.05, 3.63) is 46.0 Å². The van der Waals surface area contributed by atoms with E-state index in [4.69, 9.17) is 0 Å². The summed E-state index contributed by atoms with van der Waals surface area (Å²) in [6.45, 7) is 5.72. The molecule has 0 radical (unpaired) electrons. The maximum atomic E-state index is 13.5. The molecule has 4 heterocycles. The number of aromatic nitrogens is 1. The van der Waals surface area contributed by atoms with E-state index in [-0.39, 0.29) is 11.5 Å². The van der Waals surface area contributed by atoms with E-state index in [0.717, 1.165) is 38.9 Å². The van der Waals surface area contributed by atoms with E-state index >= 15 is 0 Å². The summed E-state index contributed by atoms with van der Waals surface area (Å²) in [5, 5.41) is 0.595. The van der Waals surface area contributed by atoms with Crippen LogP contribution in [0, 0.1) is 11.7 Å². The maximum Gasteiger partial charge on any atom is 0.254 e. The van der Waals surface area contributed by atoms with E-state index in [1.54, 1.807) is 6.07 Å². The first-order valence-corrected chi connectivity index (χ1v) is 9.41. The van der Waals surface area contributed by atoms with Crippen molar-refractivity contribution in [3.63, 3.8) is 0 Å². The molecule has 2 bridgehead atoms. The van der Waals surface area contributed by atoms with Crippen molar-refractivity contribution >= 4 is 16.8 Å². The van der Waals surface area contributed by atoms with Gasteiger partial charge in [-0.15, -0.1) is 0 Å². The highest BCUT2D eigenvalue weighted by molar-refractivity contribution is 6.06. The highest BCUT2D eigenvalue weighted by Crippen LogP contribution is 2.29. The molecule has 1 aromatic carbocycles. The van der Waals surface area contributed by atoms with Crippen LogP contribution in [-0.2, 0) is 0 Å². The van der Waals surface area contributed by atoms with Crippen LogP contribution in [0.4, 0.5) is 4.39 Å². The van der Waals surface area contributed by atoms with Gasteiger partial charge in [-0.2, -0.15) is 0 Å². The van der Waals surface area contributed by atoms with Crippen molar-refractivity contribution in [2.45, 2.75) is 32.2 Å². The van der Waals surface area contributed by atoms with Crippen molar-refractivity contribution in [2.24, 2.45) is 5.92 Å². The zero-order chi connectivity index (χ0) is 18.3. The number of fused-ring (bicyclic) bond motifs is 5. The molecule has 2 atom stereocenters. The molecule has 1 aromatic heterocycles. The third kappa shape index (κ3) is 3.14. The van der Waals surface area contributed by atoms with Gasteiger partial charge >= 0.3 is 0 Å². The van der Waals surface area contributed by atoms with Crippen LogP contribution < -0.4 is 5.56 Å². The molecule has 1 N–H and O–H groups in total. The quantitative estimate of drug-likeness (QED) is 0.919. The van der Waals surface area contributed by atoms with Crippen molar-refractivity contribution in [2.75, 3.05) is 26.2 Å². The number of aromatic amines is 1. The Morgan fingerprint density at radius 2 is 2.08 bits per heavy atom. The van der Waals surface area contributed by atoms with Crippen LogP contribution in [0.25, 0.3) is 10.9 Å². The van der Waals surface area contributed by atoms with Crippen LogP contribution in [-0.4, -0.2) is 52.9 Å². The van der Waals surface area contributed by atoms with E-state index in [9.17, 15) is 14.0 Å². The summed E-state index contributed by atoms with van der Waals surface area (Å²) >= 11 is 0.